The molecule has 0 spiro atoms. The smallest absolute Gasteiger partial charge is 0.402 e. The van der Waals surface area contributed by atoms with E-state index in [1.165, 1.54) is 13.1 Å². The molecular weight excluding hydrogens is 223 g/mol. The Balaban J connectivity index is 3.17. The maximum Gasteiger partial charge on any atom is 0.573 e. The van der Waals surface area contributed by atoms with Crippen LogP contribution >= 0.6 is 0 Å². The van der Waals surface area contributed by atoms with Crippen LogP contribution in [-0.4, -0.2) is 11.3 Å². The minimum atomic E-state index is -4.83. The van der Waals surface area contributed by atoms with Crippen LogP contribution < -0.4 is 10.5 Å². The molecule has 0 aliphatic carbocycles. The molecule has 2 N–H and O–H groups in total. The largest absolute Gasteiger partial charge is 0.573 e. The van der Waals surface area contributed by atoms with Gasteiger partial charge >= 0.3 is 6.36 Å². The number of nitriles is 1. The summed E-state index contributed by atoms with van der Waals surface area (Å²) in [5.41, 5.74) is 5.50. The number of nitrogens with zero attached hydrogens (tertiary/aromatic N) is 2. The second-order valence-electron chi connectivity index (χ2n) is 2.99. The van der Waals surface area contributed by atoms with Crippen molar-refractivity contribution in [2.75, 3.05) is 5.73 Å². The van der Waals surface area contributed by atoms with Gasteiger partial charge in [-0.3, -0.25) is 4.98 Å². The summed E-state index contributed by atoms with van der Waals surface area (Å²) in [6.45, 7) is 1.34. The second kappa shape index (κ2) is 4.26. The van der Waals surface area contributed by atoms with Gasteiger partial charge in [-0.15, -0.1) is 13.2 Å². The number of halogens is 3. The van der Waals surface area contributed by atoms with Crippen molar-refractivity contribution in [3.05, 3.63) is 17.5 Å². The molecule has 1 aromatic rings. The normalized spacial score (nSPS) is 10.9. The van der Waals surface area contributed by atoms with E-state index < -0.39 is 12.1 Å². The van der Waals surface area contributed by atoms with Crippen molar-refractivity contribution >= 4 is 5.69 Å². The fourth-order valence-electron chi connectivity index (χ4n) is 1.11. The zero-order valence-corrected chi connectivity index (χ0v) is 8.30. The topological polar surface area (TPSA) is 71.9 Å². The standard InChI is InChI=1S/C9H8F3N3O/c1-5-8(16-9(10,11)12)7(14)6(2-3-13)4-15-5/h4H,2H2,1H3,(H2,14,15). The number of rotatable bonds is 2. The lowest BCUT2D eigenvalue weighted by Gasteiger charge is -2.14. The van der Waals surface area contributed by atoms with Crippen LogP contribution in [-0.2, 0) is 6.42 Å². The molecule has 0 saturated carbocycles. The first-order valence-corrected chi connectivity index (χ1v) is 4.22. The average Bonchev–Trinajstić information content (AvgIpc) is 2.16. The minimum Gasteiger partial charge on any atom is -0.402 e. The number of ether oxygens (including phenoxy) is 1. The van der Waals surface area contributed by atoms with Gasteiger partial charge in [-0.1, -0.05) is 0 Å². The summed E-state index contributed by atoms with van der Waals surface area (Å²) in [4.78, 5) is 3.69. The third-order valence-corrected chi connectivity index (χ3v) is 1.82. The van der Waals surface area contributed by atoms with Gasteiger partial charge in [-0.25, -0.2) is 0 Å². The molecule has 0 fully saturated rings. The summed E-state index contributed by atoms with van der Waals surface area (Å²) in [5, 5.41) is 8.44. The highest BCUT2D eigenvalue weighted by Crippen LogP contribution is 2.32. The van der Waals surface area contributed by atoms with Crippen LogP contribution in [0.15, 0.2) is 6.20 Å². The number of nitrogens with two attached hydrogens (primary N) is 1. The second-order valence-corrected chi connectivity index (χ2v) is 2.99. The van der Waals surface area contributed by atoms with Crippen LogP contribution in [0.2, 0.25) is 0 Å². The van der Waals surface area contributed by atoms with Crippen LogP contribution in [0, 0.1) is 18.3 Å². The molecule has 0 bridgehead atoms. The first-order valence-electron chi connectivity index (χ1n) is 4.22. The number of aryl methyl sites for hydroxylation is 1. The van der Waals surface area contributed by atoms with E-state index in [-0.39, 0.29) is 23.4 Å². The number of pyridine rings is 1. The number of hydrogen-bond acceptors (Lipinski definition) is 4. The molecule has 7 heteroatoms. The molecule has 0 aliphatic heterocycles. The van der Waals surface area contributed by atoms with E-state index in [2.05, 4.69) is 9.72 Å². The Labute approximate surface area is 89.5 Å². The van der Waals surface area contributed by atoms with Gasteiger partial charge in [0.1, 0.15) is 0 Å². The van der Waals surface area contributed by atoms with Crippen molar-refractivity contribution in [1.29, 1.82) is 5.26 Å². The first kappa shape index (κ1) is 12.1. The van der Waals surface area contributed by atoms with Gasteiger partial charge in [0.25, 0.3) is 0 Å². The molecule has 86 valence electrons. The lowest BCUT2D eigenvalue weighted by Crippen LogP contribution is -2.19. The number of anilines is 1. The van der Waals surface area contributed by atoms with E-state index in [4.69, 9.17) is 11.0 Å². The molecular formula is C9H8F3N3O. The Morgan fingerprint density at radius 2 is 2.19 bits per heavy atom. The molecule has 0 amide bonds. The molecule has 1 heterocycles. The van der Waals surface area contributed by atoms with E-state index in [0.29, 0.717) is 0 Å². The summed E-state index contributed by atoms with van der Waals surface area (Å²) in [7, 11) is 0. The lowest BCUT2D eigenvalue weighted by atomic mass is 10.1. The lowest BCUT2D eigenvalue weighted by molar-refractivity contribution is -0.274. The van der Waals surface area contributed by atoms with E-state index >= 15 is 0 Å². The van der Waals surface area contributed by atoms with Crippen molar-refractivity contribution in [2.24, 2.45) is 0 Å². The Kier molecular flexibility index (Phi) is 3.22. The molecule has 0 aromatic carbocycles. The molecule has 1 rings (SSSR count). The van der Waals surface area contributed by atoms with Crippen LogP contribution in [0.5, 0.6) is 5.75 Å². The highest BCUT2D eigenvalue weighted by molar-refractivity contribution is 5.60. The quantitative estimate of drug-likeness (QED) is 0.844. The maximum atomic E-state index is 12.0. The fraction of sp³-hybridized carbons (Fsp3) is 0.333. The summed E-state index contributed by atoms with van der Waals surface area (Å²) < 4.78 is 39.9. The Hall–Kier alpha value is -1.97. The van der Waals surface area contributed by atoms with Crippen molar-refractivity contribution < 1.29 is 17.9 Å². The first-order chi connectivity index (χ1) is 7.35. The molecule has 0 atom stereocenters. The van der Waals surface area contributed by atoms with Gasteiger partial charge < -0.3 is 10.5 Å². The average molecular weight is 231 g/mol. The summed E-state index contributed by atoms with van der Waals surface area (Å²) in [6, 6.07) is 1.78. The fourth-order valence-corrected chi connectivity index (χ4v) is 1.11. The molecule has 16 heavy (non-hydrogen) atoms. The SMILES string of the molecule is Cc1ncc(CC#N)c(N)c1OC(F)(F)F. The van der Waals surface area contributed by atoms with Gasteiger partial charge in [-0.2, -0.15) is 5.26 Å². The zero-order valence-electron chi connectivity index (χ0n) is 8.30. The Morgan fingerprint density at radius 3 is 2.69 bits per heavy atom. The van der Waals surface area contributed by atoms with Gasteiger partial charge in [0.15, 0.2) is 5.75 Å². The third kappa shape index (κ3) is 2.76. The maximum absolute atomic E-state index is 12.0. The predicted octanol–water partition coefficient (Wildman–Crippen LogP) is 1.94. The molecule has 1 aromatic heterocycles. The minimum absolute atomic E-state index is 0.0246. The highest BCUT2D eigenvalue weighted by Gasteiger charge is 2.33. The number of nitrogen functional groups attached to an aromatic ring is 1. The number of hydrogen-bond donors (Lipinski definition) is 1. The summed E-state index contributed by atoms with van der Waals surface area (Å²) in [6.07, 6.45) is -3.68. The Bertz CT molecular complexity index is 437. The van der Waals surface area contributed by atoms with Crippen LogP contribution in [0.4, 0.5) is 18.9 Å². The van der Waals surface area contributed by atoms with Gasteiger partial charge in [-0.05, 0) is 6.92 Å². The van der Waals surface area contributed by atoms with Crippen molar-refractivity contribution in [1.82, 2.24) is 4.98 Å². The van der Waals surface area contributed by atoms with E-state index in [0.717, 1.165) is 0 Å². The monoisotopic (exact) mass is 231 g/mol. The summed E-state index contributed by atoms with van der Waals surface area (Å²) >= 11 is 0. The number of aromatic nitrogens is 1. The third-order valence-electron chi connectivity index (χ3n) is 1.82. The number of alkyl halides is 3. The molecule has 0 aliphatic rings. The van der Waals surface area contributed by atoms with E-state index in [9.17, 15) is 13.2 Å². The van der Waals surface area contributed by atoms with Gasteiger partial charge in [0.05, 0.1) is 23.9 Å². The summed E-state index contributed by atoms with van der Waals surface area (Å²) in [5.74, 6) is -0.541. The van der Waals surface area contributed by atoms with Crippen LogP contribution in [0.3, 0.4) is 0 Å². The molecule has 0 unspecified atom stereocenters. The van der Waals surface area contributed by atoms with Crippen molar-refractivity contribution in [3.63, 3.8) is 0 Å². The van der Waals surface area contributed by atoms with E-state index in [1.807, 2.05) is 0 Å². The highest BCUT2D eigenvalue weighted by atomic mass is 19.4. The predicted molar refractivity (Wildman–Crippen MR) is 49.4 cm³/mol. The van der Waals surface area contributed by atoms with Crippen molar-refractivity contribution in [2.45, 2.75) is 19.7 Å². The molecule has 0 saturated heterocycles. The van der Waals surface area contributed by atoms with Gasteiger partial charge in [0, 0.05) is 11.8 Å². The molecule has 4 nitrogen and oxygen atoms in total. The Morgan fingerprint density at radius 1 is 1.56 bits per heavy atom. The van der Waals surface area contributed by atoms with E-state index in [1.54, 1.807) is 6.07 Å². The van der Waals surface area contributed by atoms with Gasteiger partial charge in [0.2, 0.25) is 0 Å². The van der Waals surface area contributed by atoms with Crippen LogP contribution in [0.25, 0.3) is 0 Å². The molecule has 0 radical (unpaired) electrons. The van der Waals surface area contributed by atoms with Crippen LogP contribution in [0.1, 0.15) is 11.3 Å². The zero-order chi connectivity index (χ0) is 12.3. The van der Waals surface area contributed by atoms with Crippen molar-refractivity contribution in [3.8, 4) is 11.8 Å².